The fourth-order valence-electron chi connectivity index (χ4n) is 2.61. The molecule has 2 N–H and O–H groups in total. The van der Waals surface area contributed by atoms with E-state index in [1.807, 2.05) is 38.1 Å². The number of aromatic nitrogens is 2. The summed E-state index contributed by atoms with van der Waals surface area (Å²) in [6.45, 7) is 5.75. The fraction of sp³-hybridized carbons (Fsp3) is 0.450. The molecule has 9 nitrogen and oxygen atoms in total. The molecule has 2 aromatic rings. The lowest BCUT2D eigenvalue weighted by atomic mass is 10.2. The highest BCUT2D eigenvalue weighted by atomic mass is 16.5. The van der Waals surface area contributed by atoms with Gasteiger partial charge in [0.1, 0.15) is 11.6 Å². The van der Waals surface area contributed by atoms with Crippen molar-refractivity contribution in [3.05, 3.63) is 36.5 Å². The highest BCUT2D eigenvalue weighted by Gasteiger charge is 2.20. The summed E-state index contributed by atoms with van der Waals surface area (Å²) >= 11 is 0. The third-order valence-electron chi connectivity index (χ3n) is 3.85. The van der Waals surface area contributed by atoms with Crippen molar-refractivity contribution in [3.63, 3.8) is 0 Å². The Labute approximate surface area is 171 Å². The highest BCUT2D eigenvalue weighted by molar-refractivity contribution is 5.98. The predicted molar refractivity (Wildman–Crippen MR) is 112 cm³/mol. The van der Waals surface area contributed by atoms with Gasteiger partial charge in [-0.1, -0.05) is 0 Å². The minimum absolute atomic E-state index is 0.0182. The van der Waals surface area contributed by atoms with Crippen molar-refractivity contribution >= 4 is 23.5 Å². The number of hydrogen-bond donors (Lipinski definition) is 2. The van der Waals surface area contributed by atoms with Gasteiger partial charge in [0.2, 0.25) is 5.95 Å². The molecule has 1 aromatic carbocycles. The van der Waals surface area contributed by atoms with E-state index >= 15 is 0 Å². The van der Waals surface area contributed by atoms with Gasteiger partial charge in [-0.05, 0) is 38.1 Å². The third-order valence-corrected chi connectivity index (χ3v) is 3.85. The van der Waals surface area contributed by atoms with Crippen LogP contribution in [0.5, 0.6) is 5.75 Å². The van der Waals surface area contributed by atoms with Crippen LogP contribution >= 0.6 is 0 Å². The number of nitrogens with one attached hydrogen (secondary N) is 2. The molecule has 1 unspecified atom stereocenters. The van der Waals surface area contributed by atoms with Gasteiger partial charge in [0, 0.05) is 39.1 Å². The maximum atomic E-state index is 12.9. The van der Waals surface area contributed by atoms with Crippen LogP contribution in [0.2, 0.25) is 0 Å². The van der Waals surface area contributed by atoms with E-state index in [9.17, 15) is 4.79 Å². The molecule has 2 rings (SSSR count). The molecule has 9 heteroatoms. The summed E-state index contributed by atoms with van der Waals surface area (Å²) < 4.78 is 15.6. The van der Waals surface area contributed by atoms with Gasteiger partial charge in [0.15, 0.2) is 0 Å². The number of carbonyl (C=O) groups is 1. The summed E-state index contributed by atoms with van der Waals surface area (Å²) in [4.78, 5) is 23.1. The Kier molecular flexibility index (Phi) is 9.13. The Balaban J connectivity index is 2.30. The van der Waals surface area contributed by atoms with Crippen molar-refractivity contribution in [2.75, 3.05) is 50.8 Å². The van der Waals surface area contributed by atoms with Gasteiger partial charge in [0.05, 0.1) is 25.5 Å². The van der Waals surface area contributed by atoms with Crippen molar-refractivity contribution < 1.29 is 19.0 Å². The van der Waals surface area contributed by atoms with Crippen molar-refractivity contribution in [3.8, 4) is 5.75 Å². The van der Waals surface area contributed by atoms with E-state index in [0.717, 1.165) is 5.75 Å². The molecule has 158 valence electrons. The Morgan fingerprint density at radius 1 is 1.17 bits per heavy atom. The monoisotopic (exact) mass is 403 g/mol. The Morgan fingerprint density at radius 2 is 1.93 bits per heavy atom. The average Bonchev–Trinajstić information content (AvgIpc) is 2.70. The number of benzene rings is 1. The normalized spacial score (nSPS) is 11.6. The second-order valence-corrected chi connectivity index (χ2v) is 6.23. The first-order valence-corrected chi connectivity index (χ1v) is 9.47. The Bertz CT molecular complexity index is 757. The van der Waals surface area contributed by atoms with Gasteiger partial charge in [-0.3, -0.25) is 0 Å². The first-order valence-electron chi connectivity index (χ1n) is 9.47. The summed E-state index contributed by atoms with van der Waals surface area (Å²) in [6, 6.07) is 8.63. The zero-order chi connectivity index (χ0) is 21.1. The molecule has 2 amide bonds. The first-order chi connectivity index (χ1) is 14.1. The van der Waals surface area contributed by atoms with Gasteiger partial charge < -0.3 is 24.8 Å². The molecule has 29 heavy (non-hydrogen) atoms. The molecule has 1 aromatic heterocycles. The minimum Gasteiger partial charge on any atom is -0.494 e. The van der Waals surface area contributed by atoms with E-state index in [4.69, 9.17) is 14.2 Å². The summed E-state index contributed by atoms with van der Waals surface area (Å²) in [7, 11) is 3.22. The quantitative estimate of drug-likeness (QED) is 0.557. The largest absolute Gasteiger partial charge is 0.494 e. The van der Waals surface area contributed by atoms with Gasteiger partial charge in [0.25, 0.3) is 0 Å². The smallest absolute Gasteiger partial charge is 0.327 e. The zero-order valence-corrected chi connectivity index (χ0v) is 17.3. The fourth-order valence-corrected chi connectivity index (χ4v) is 2.61. The molecule has 0 fully saturated rings. The van der Waals surface area contributed by atoms with E-state index in [1.54, 1.807) is 26.5 Å². The van der Waals surface area contributed by atoms with Gasteiger partial charge in [-0.2, -0.15) is 4.98 Å². The summed E-state index contributed by atoms with van der Waals surface area (Å²) in [5, 5.41) is 5.99. The summed E-state index contributed by atoms with van der Waals surface area (Å²) in [5.41, 5.74) is 0.651. The van der Waals surface area contributed by atoms with Crippen LogP contribution in [0.3, 0.4) is 0 Å². The lowest BCUT2D eigenvalue weighted by Gasteiger charge is -2.23. The van der Waals surface area contributed by atoms with E-state index in [0.29, 0.717) is 43.8 Å². The number of methoxy groups -OCH3 is 2. The molecule has 1 atom stereocenters. The number of rotatable bonds is 11. The minimum atomic E-state index is -0.319. The number of hydrogen-bond acceptors (Lipinski definition) is 7. The number of anilines is 3. The average molecular weight is 403 g/mol. The molecule has 1 heterocycles. The molecule has 0 saturated heterocycles. The molecule has 0 aliphatic heterocycles. The second kappa shape index (κ2) is 11.8. The third kappa shape index (κ3) is 6.88. The molecule has 0 aliphatic carbocycles. The van der Waals surface area contributed by atoms with Crippen molar-refractivity contribution in [2.45, 2.75) is 19.9 Å². The molecular formula is C20H29N5O4. The number of amides is 2. The van der Waals surface area contributed by atoms with E-state index in [-0.39, 0.29) is 12.1 Å². The molecule has 0 saturated carbocycles. The van der Waals surface area contributed by atoms with Gasteiger partial charge in [-0.15, -0.1) is 0 Å². The zero-order valence-electron chi connectivity index (χ0n) is 17.3. The maximum absolute atomic E-state index is 12.9. The maximum Gasteiger partial charge on any atom is 0.327 e. The molecule has 0 aliphatic rings. The van der Waals surface area contributed by atoms with Crippen LogP contribution in [0, 0.1) is 0 Å². The van der Waals surface area contributed by atoms with Crippen molar-refractivity contribution in [2.24, 2.45) is 0 Å². The van der Waals surface area contributed by atoms with Crippen LogP contribution in [0.15, 0.2) is 36.5 Å². The summed E-state index contributed by atoms with van der Waals surface area (Å²) in [5.74, 6) is 1.58. The van der Waals surface area contributed by atoms with Crippen molar-refractivity contribution in [1.29, 1.82) is 0 Å². The molecule has 0 bridgehead atoms. The predicted octanol–water partition coefficient (Wildman–Crippen LogP) is 2.82. The van der Waals surface area contributed by atoms with Crippen LogP contribution < -0.4 is 20.3 Å². The lowest BCUT2D eigenvalue weighted by Crippen LogP contribution is -2.39. The number of carbonyl (C=O) groups excluding carboxylic acids is 1. The van der Waals surface area contributed by atoms with Gasteiger partial charge >= 0.3 is 6.03 Å². The van der Waals surface area contributed by atoms with Crippen LogP contribution in [0.25, 0.3) is 0 Å². The molecule has 0 radical (unpaired) electrons. The molecular weight excluding hydrogens is 374 g/mol. The number of urea groups is 1. The number of nitrogens with zero attached hydrogens (tertiary/aromatic N) is 3. The van der Waals surface area contributed by atoms with Gasteiger partial charge in [-0.25, -0.2) is 14.7 Å². The standard InChI is InChI=1S/C20H29N5O4/c1-5-29-17-8-6-16(7-9-17)25(20(26)22-12-13-27-3)18-10-11-21-19(24-18)23-15(2)14-28-4/h6-11,15H,5,12-14H2,1-4H3,(H,22,26)(H,21,23,24). The summed E-state index contributed by atoms with van der Waals surface area (Å²) in [6.07, 6.45) is 1.61. The number of ether oxygens (including phenoxy) is 3. The lowest BCUT2D eigenvalue weighted by molar-refractivity contribution is 0.190. The van der Waals surface area contributed by atoms with Crippen LogP contribution in [0.4, 0.5) is 22.2 Å². The Hall–Kier alpha value is -2.91. The Morgan fingerprint density at radius 3 is 2.59 bits per heavy atom. The highest BCUT2D eigenvalue weighted by Crippen LogP contribution is 2.26. The van der Waals surface area contributed by atoms with Crippen LogP contribution in [-0.2, 0) is 9.47 Å². The second-order valence-electron chi connectivity index (χ2n) is 6.23. The topological polar surface area (TPSA) is 97.8 Å². The van der Waals surface area contributed by atoms with Crippen molar-refractivity contribution in [1.82, 2.24) is 15.3 Å². The SMILES string of the molecule is CCOc1ccc(N(C(=O)NCCOC)c2ccnc(NC(C)COC)n2)cc1. The van der Waals surface area contributed by atoms with E-state index in [1.165, 1.54) is 4.90 Å². The molecule has 0 spiro atoms. The van der Waals surface area contributed by atoms with Crippen LogP contribution in [0.1, 0.15) is 13.8 Å². The first kappa shape index (κ1) is 22.4. The van der Waals surface area contributed by atoms with Crippen LogP contribution in [-0.4, -0.2) is 62.6 Å². The van der Waals surface area contributed by atoms with E-state index < -0.39 is 0 Å². The van der Waals surface area contributed by atoms with E-state index in [2.05, 4.69) is 20.6 Å².